The Morgan fingerprint density at radius 3 is 2.52 bits per heavy atom. The maximum atomic E-state index is 12.3. The molecule has 0 aliphatic carbocycles. The Bertz CT molecular complexity index is 719. The van der Waals surface area contributed by atoms with Crippen LogP contribution in [0.3, 0.4) is 0 Å². The molecule has 2 rings (SSSR count). The van der Waals surface area contributed by atoms with Gasteiger partial charge in [-0.05, 0) is 37.6 Å². The van der Waals surface area contributed by atoms with Crippen LogP contribution in [0.1, 0.15) is 25.5 Å². The number of hydrogen-bond acceptors (Lipinski definition) is 3. The number of benzene rings is 1. The van der Waals surface area contributed by atoms with E-state index < -0.39 is 18.1 Å². The van der Waals surface area contributed by atoms with E-state index in [0.29, 0.717) is 23.4 Å². The van der Waals surface area contributed by atoms with E-state index in [1.54, 1.807) is 26.0 Å². The average Bonchev–Trinajstić information content (AvgIpc) is 2.45. The number of rotatable bonds is 2. The summed E-state index contributed by atoms with van der Waals surface area (Å²) in [6.45, 7) is 3.78. The highest BCUT2D eigenvalue weighted by Crippen LogP contribution is 2.35. The largest absolute Gasteiger partial charge is 0.338 e. The molecule has 8 heteroatoms. The number of hydrogen-bond donors (Lipinski definition) is 2. The van der Waals surface area contributed by atoms with Gasteiger partial charge in [-0.2, -0.15) is 5.26 Å². The Hall–Kier alpha value is -1.85. The van der Waals surface area contributed by atoms with Crippen molar-refractivity contribution < 1.29 is 9.59 Å². The van der Waals surface area contributed by atoms with Gasteiger partial charge < -0.3 is 10.6 Å². The number of nitrogens with zero attached hydrogens (tertiary/aromatic N) is 2. The zero-order chi connectivity index (χ0) is 17.1. The van der Waals surface area contributed by atoms with E-state index in [9.17, 15) is 14.9 Å². The van der Waals surface area contributed by atoms with Crippen molar-refractivity contribution in [1.82, 2.24) is 15.5 Å². The lowest BCUT2D eigenvalue weighted by Gasteiger charge is -2.35. The predicted molar refractivity (Wildman–Crippen MR) is 92.3 cm³/mol. The van der Waals surface area contributed by atoms with Gasteiger partial charge in [0.15, 0.2) is 0 Å². The fourth-order valence-electron chi connectivity index (χ4n) is 2.38. The lowest BCUT2D eigenvalue weighted by atomic mass is 9.95. The van der Waals surface area contributed by atoms with Gasteiger partial charge in [0.25, 0.3) is 0 Å². The molecule has 0 saturated heterocycles. The molecule has 0 fully saturated rings. The van der Waals surface area contributed by atoms with Crippen molar-refractivity contribution in [2.24, 2.45) is 0 Å². The zero-order valence-corrected chi connectivity index (χ0v) is 15.7. The zero-order valence-electron chi connectivity index (χ0n) is 12.5. The van der Waals surface area contributed by atoms with Gasteiger partial charge in [0, 0.05) is 21.2 Å². The number of carbonyl (C=O) groups excluding carboxylic acids is 2. The summed E-state index contributed by atoms with van der Waals surface area (Å²) < 4.78 is 1.55. The van der Waals surface area contributed by atoms with Crippen molar-refractivity contribution in [1.29, 1.82) is 5.26 Å². The lowest BCUT2D eigenvalue weighted by Crippen LogP contribution is -2.53. The molecule has 1 aromatic carbocycles. The van der Waals surface area contributed by atoms with Crippen LogP contribution in [0.5, 0.6) is 0 Å². The molecule has 6 nitrogen and oxygen atoms in total. The molecule has 1 aliphatic rings. The van der Waals surface area contributed by atoms with Gasteiger partial charge in [-0.1, -0.05) is 31.9 Å². The molecule has 0 aromatic heterocycles. The maximum Gasteiger partial charge on any atom is 0.330 e. The molecule has 1 aromatic rings. The summed E-state index contributed by atoms with van der Waals surface area (Å²) in [5, 5.41) is 14.7. The van der Waals surface area contributed by atoms with Gasteiger partial charge in [-0.3, -0.25) is 0 Å². The molecule has 1 heterocycles. The van der Waals surface area contributed by atoms with E-state index in [0.717, 1.165) is 13.8 Å². The third-order valence-electron chi connectivity index (χ3n) is 3.32. The highest BCUT2D eigenvalue weighted by Gasteiger charge is 2.38. The highest BCUT2D eigenvalue weighted by atomic mass is 79.9. The Balaban J connectivity index is 2.63. The van der Waals surface area contributed by atoms with E-state index in [1.165, 1.54) is 0 Å². The van der Waals surface area contributed by atoms with Crippen LogP contribution in [0.4, 0.5) is 9.59 Å². The molecule has 0 saturated carbocycles. The first-order chi connectivity index (χ1) is 10.9. The van der Waals surface area contributed by atoms with Crippen LogP contribution in [-0.2, 0) is 0 Å². The summed E-state index contributed by atoms with van der Waals surface area (Å²) >= 11 is 6.78. The Morgan fingerprint density at radius 1 is 1.39 bits per heavy atom. The van der Waals surface area contributed by atoms with Gasteiger partial charge in [0.2, 0.25) is 0 Å². The van der Waals surface area contributed by atoms with Gasteiger partial charge in [0.1, 0.15) is 6.04 Å². The molecule has 0 bridgehead atoms. The van der Waals surface area contributed by atoms with Crippen molar-refractivity contribution in [3.8, 4) is 6.07 Å². The van der Waals surface area contributed by atoms with Crippen LogP contribution >= 0.6 is 31.9 Å². The third kappa shape index (κ3) is 3.57. The molecule has 2 N–H and O–H groups in total. The minimum atomic E-state index is -0.783. The second kappa shape index (κ2) is 7.15. The van der Waals surface area contributed by atoms with Gasteiger partial charge in [-0.25, -0.2) is 14.5 Å². The van der Waals surface area contributed by atoms with Crippen LogP contribution in [0, 0.1) is 11.3 Å². The van der Waals surface area contributed by atoms with Crippen LogP contribution in [-0.4, -0.2) is 23.5 Å². The van der Waals surface area contributed by atoms with Crippen molar-refractivity contribution >= 4 is 43.9 Å². The summed E-state index contributed by atoms with van der Waals surface area (Å²) in [6, 6.07) is 5.61. The fraction of sp³-hybridized carbons (Fsp3) is 0.267. The van der Waals surface area contributed by atoms with E-state index in [1.807, 2.05) is 6.07 Å². The summed E-state index contributed by atoms with van der Waals surface area (Å²) in [5.41, 5.74) is 1.42. The van der Waals surface area contributed by atoms with Gasteiger partial charge in [0.05, 0.1) is 11.6 Å². The quantitative estimate of drug-likeness (QED) is 0.731. The summed E-state index contributed by atoms with van der Waals surface area (Å²) in [4.78, 5) is 25.7. The first-order valence-corrected chi connectivity index (χ1v) is 8.42. The van der Waals surface area contributed by atoms with Gasteiger partial charge in [-0.15, -0.1) is 0 Å². The maximum absolute atomic E-state index is 12.3. The Kier molecular flexibility index (Phi) is 5.44. The topological polar surface area (TPSA) is 85.2 Å². The monoisotopic (exact) mass is 440 g/mol. The minimum Gasteiger partial charge on any atom is -0.338 e. The molecule has 0 spiro atoms. The Labute approximate surface area is 150 Å². The lowest BCUT2D eigenvalue weighted by molar-refractivity contribution is 0.173. The number of nitrogens with one attached hydrogen (secondary N) is 2. The molecular weight excluding hydrogens is 428 g/mol. The SMILES string of the molecule is CCNC(=O)N1C(=O)NC(C)=C(C#N)C1c1cc(Br)cc(Br)c1. The van der Waals surface area contributed by atoms with Gasteiger partial charge >= 0.3 is 12.1 Å². The Morgan fingerprint density at radius 2 is 2.00 bits per heavy atom. The molecule has 120 valence electrons. The average molecular weight is 442 g/mol. The van der Waals surface area contributed by atoms with E-state index in [-0.39, 0.29) is 0 Å². The summed E-state index contributed by atoms with van der Waals surface area (Å²) in [7, 11) is 0. The molecule has 4 amide bonds. The normalized spacial score (nSPS) is 17.6. The standard InChI is InChI=1S/C15H14Br2N4O2/c1-3-19-14(22)21-13(9-4-10(16)6-11(17)5-9)12(7-18)8(2)20-15(21)23/h4-6,13H,3H2,1-2H3,(H,19,22)(H,20,23). The minimum absolute atomic E-state index is 0.320. The summed E-state index contributed by atoms with van der Waals surface area (Å²) in [5.74, 6) is 0. The molecule has 1 atom stereocenters. The molecule has 23 heavy (non-hydrogen) atoms. The van der Waals surface area contributed by atoms with Crippen LogP contribution in [0.15, 0.2) is 38.4 Å². The number of amides is 4. The molecule has 1 unspecified atom stereocenters. The number of imide groups is 1. The van der Waals surface area contributed by atoms with Crippen molar-refractivity contribution in [2.75, 3.05) is 6.54 Å². The van der Waals surface area contributed by atoms with Crippen molar-refractivity contribution in [2.45, 2.75) is 19.9 Å². The second-order valence-corrected chi connectivity index (χ2v) is 6.72. The number of carbonyl (C=O) groups is 2. The van der Waals surface area contributed by atoms with Crippen molar-refractivity contribution in [3.63, 3.8) is 0 Å². The number of urea groups is 2. The van der Waals surface area contributed by atoms with E-state index >= 15 is 0 Å². The molecule has 1 aliphatic heterocycles. The third-order valence-corrected chi connectivity index (χ3v) is 4.23. The van der Waals surface area contributed by atoms with Crippen LogP contribution in [0.2, 0.25) is 0 Å². The molecule has 0 radical (unpaired) electrons. The number of allylic oxidation sites excluding steroid dienone is 1. The van der Waals surface area contributed by atoms with Crippen molar-refractivity contribution in [3.05, 3.63) is 44.0 Å². The van der Waals surface area contributed by atoms with E-state index in [4.69, 9.17) is 0 Å². The first kappa shape index (κ1) is 17.5. The smallest absolute Gasteiger partial charge is 0.330 e. The summed E-state index contributed by atoms with van der Waals surface area (Å²) in [6.07, 6.45) is 0. The van der Waals surface area contributed by atoms with Crippen LogP contribution in [0.25, 0.3) is 0 Å². The highest BCUT2D eigenvalue weighted by molar-refractivity contribution is 9.11. The second-order valence-electron chi connectivity index (χ2n) is 4.89. The van der Waals surface area contributed by atoms with E-state index in [2.05, 4.69) is 48.6 Å². The first-order valence-electron chi connectivity index (χ1n) is 6.84. The van der Waals surface area contributed by atoms with Crippen LogP contribution < -0.4 is 10.6 Å². The number of nitriles is 1. The number of halogens is 2. The fourth-order valence-corrected chi connectivity index (χ4v) is 3.71. The molecular formula is C15H14Br2N4O2. The predicted octanol–water partition coefficient (Wildman–Crippen LogP) is 3.80.